The van der Waals surface area contributed by atoms with Crippen molar-refractivity contribution in [2.75, 3.05) is 32.2 Å². The van der Waals surface area contributed by atoms with Crippen LogP contribution in [0.4, 0.5) is 36.4 Å². The minimum absolute atomic E-state index is 0.0471. The zero-order valence-corrected chi connectivity index (χ0v) is 18.3. The first kappa shape index (κ1) is 27.1. The summed E-state index contributed by atoms with van der Waals surface area (Å²) in [6.07, 6.45) is -8.85. The Bertz CT molecular complexity index is 1090. The van der Waals surface area contributed by atoms with E-state index >= 15 is 0 Å². The Kier molecular flexibility index (Phi) is 8.34. The lowest BCUT2D eigenvalue weighted by Crippen LogP contribution is -2.33. The summed E-state index contributed by atoms with van der Waals surface area (Å²) in [5.41, 5.74) is -0.454. The molecule has 0 aliphatic rings. The summed E-state index contributed by atoms with van der Waals surface area (Å²) in [6, 6.07) is 5.83. The van der Waals surface area contributed by atoms with Crippen molar-refractivity contribution < 1.29 is 58.1 Å². The molecule has 0 saturated heterocycles. The van der Waals surface area contributed by atoms with Crippen LogP contribution in [0, 0.1) is 0 Å². The SMILES string of the molecule is COc1ccc(S(=O)(=O)Nc2cc(OCC(F)(F)F)cc(OCC(F)(F)C(F)F)c2)cc1OC. The molecular formula is C19H18F7NO6S. The lowest BCUT2D eigenvalue weighted by molar-refractivity contribution is -0.153. The van der Waals surface area contributed by atoms with Crippen LogP contribution in [-0.2, 0) is 10.0 Å². The van der Waals surface area contributed by atoms with Gasteiger partial charge < -0.3 is 18.9 Å². The van der Waals surface area contributed by atoms with Gasteiger partial charge in [0, 0.05) is 24.3 Å². The molecule has 0 spiro atoms. The maximum absolute atomic E-state index is 13.2. The van der Waals surface area contributed by atoms with E-state index in [1.54, 1.807) is 0 Å². The highest BCUT2D eigenvalue weighted by molar-refractivity contribution is 7.92. The van der Waals surface area contributed by atoms with Crippen LogP contribution in [0.3, 0.4) is 0 Å². The van der Waals surface area contributed by atoms with E-state index in [0.29, 0.717) is 6.07 Å². The third-order valence-corrected chi connectivity index (χ3v) is 5.33. The number of methoxy groups -OCH3 is 2. The van der Waals surface area contributed by atoms with Gasteiger partial charge in [-0.05, 0) is 12.1 Å². The third-order valence-electron chi connectivity index (χ3n) is 3.95. The number of alkyl halides is 7. The highest BCUT2D eigenvalue weighted by Gasteiger charge is 2.41. The van der Waals surface area contributed by atoms with Crippen molar-refractivity contribution in [3.8, 4) is 23.0 Å². The maximum atomic E-state index is 13.2. The number of hydrogen-bond acceptors (Lipinski definition) is 6. The van der Waals surface area contributed by atoms with E-state index in [1.807, 2.05) is 4.72 Å². The molecule has 0 aliphatic carbocycles. The number of hydrogen-bond donors (Lipinski definition) is 1. The first-order valence-corrected chi connectivity index (χ1v) is 10.5. The van der Waals surface area contributed by atoms with E-state index < -0.39 is 58.9 Å². The molecule has 0 aliphatic heterocycles. The Balaban J connectivity index is 2.38. The van der Waals surface area contributed by atoms with Crippen LogP contribution >= 0.6 is 0 Å². The zero-order chi connectivity index (χ0) is 25.7. The summed E-state index contributed by atoms with van der Waals surface area (Å²) in [6.45, 7) is -3.62. The Morgan fingerprint density at radius 2 is 1.41 bits per heavy atom. The maximum Gasteiger partial charge on any atom is 0.422 e. The number of anilines is 1. The Hall–Kier alpha value is -3.10. The van der Waals surface area contributed by atoms with Gasteiger partial charge in [-0.15, -0.1) is 0 Å². The molecule has 0 radical (unpaired) electrons. The molecule has 15 heteroatoms. The molecule has 0 aromatic heterocycles. The molecule has 34 heavy (non-hydrogen) atoms. The smallest absolute Gasteiger partial charge is 0.422 e. The van der Waals surface area contributed by atoms with Gasteiger partial charge in [-0.25, -0.2) is 17.2 Å². The van der Waals surface area contributed by atoms with Crippen LogP contribution in [0.15, 0.2) is 41.3 Å². The average Bonchev–Trinajstić information content (AvgIpc) is 2.74. The minimum atomic E-state index is -4.78. The standard InChI is InChI=1S/C19H18F7NO6S/c1-30-15-4-3-14(8-16(15)31-2)34(28,29)27-11-5-12(32-9-18(22,23)17(20)21)7-13(6-11)33-10-19(24,25)26/h3-8,17,27H,9-10H2,1-2H3. The Morgan fingerprint density at radius 1 is 0.853 bits per heavy atom. The van der Waals surface area contributed by atoms with Crippen molar-refractivity contribution in [2.24, 2.45) is 0 Å². The first-order valence-electron chi connectivity index (χ1n) is 9.05. The first-order chi connectivity index (χ1) is 15.7. The van der Waals surface area contributed by atoms with E-state index in [2.05, 4.69) is 9.47 Å². The fourth-order valence-corrected chi connectivity index (χ4v) is 3.46. The lowest BCUT2D eigenvalue weighted by atomic mass is 10.3. The van der Waals surface area contributed by atoms with Gasteiger partial charge in [-0.3, -0.25) is 4.72 Å². The molecular weight excluding hydrogens is 503 g/mol. The van der Waals surface area contributed by atoms with Gasteiger partial charge in [0.1, 0.15) is 11.5 Å². The van der Waals surface area contributed by atoms with Crippen molar-refractivity contribution in [1.82, 2.24) is 0 Å². The summed E-state index contributed by atoms with van der Waals surface area (Å²) in [7, 11) is -1.82. The summed E-state index contributed by atoms with van der Waals surface area (Å²) in [4.78, 5) is -0.349. The largest absolute Gasteiger partial charge is 0.493 e. The summed E-state index contributed by atoms with van der Waals surface area (Å²) >= 11 is 0. The molecule has 190 valence electrons. The van der Waals surface area contributed by atoms with Crippen molar-refractivity contribution in [3.05, 3.63) is 36.4 Å². The molecule has 0 heterocycles. The van der Waals surface area contributed by atoms with Gasteiger partial charge in [0.05, 0.1) is 24.8 Å². The van der Waals surface area contributed by atoms with Gasteiger partial charge >= 0.3 is 18.5 Å². The van der Waals surface area contributed by atoms with Gasteiger partial charge in [-0.1, -0.05) is 0 Å². The molecule has 7 nitrogen and oxygen atoms in total. The monoisotopic (exact) mass is 521 g/mol. The number of halogens is 7. The van der Waals surface area contributed by atoms with Crippen LogP contribution in [0.2, 0.25) is 0 Å². The Morgan fingerprint density at radius 3 is 1.91 bits per heavy atom. The number of sulfonamides is 1. The van der Waals surface area contributed by atoms with E-state index in [-0.39, 0.29) is 16.4 Å². The van der Waals surface area contributed by atoms with Crippen molar-refractivity contribution in [3.63, 3.8) is 0 Å². The summed E-state index contributed by atoms with van der Waals surface area (Å²) < 4.78 is 135. The molecule has 2 aromatic carbocycles. The van der Waals surface area contributed by atoms with E-state index in [4.69, 9.17) is 9.47 Å². The van der Waals surface area contributed by atoms with Crippen LogP contribution < -0.4 is 23.7 Å². The molecule has 0 unspecified atom stereocenters. The number of benzene rings is 2. The van der Waals surface area contributed by atoms with Gasteiger partial charge in [0.2, 0.25) is 0 Å². The van der Waals surface area contributed by atoms with Crippen LogP contribution in [-0.4, -0.2) is 54.4 Å². The van der Waals surface area contributed by atoms with E-state index in [1.165, 1.54) is 20.3 Å². The van der Waals surface area contributed by atoms with Crippen LogP contribution in [0.25, 0.3) is 0 Å². The molecule has 0 amide bonds. The minimum Gasteiger partial charge on any atom is -0.493 e. The molecule has 2 aromatic rings. The van der Waals surface area contributed by atoms with Gasteiger partial charge in [0.15, 0.2) is 24.7 Å². The van der Waals surface area contributed by atoms with Gasteiger partial charge in [-0.2, -0.15) is 22.0 Å². The summed E-state index contributed by atoms with van der Waals surface area (Å²) in [5, 5.41) is 0. The second kappa shape index (κ2) is 10.4. The number of rotatable bonds is 11. The Labute approximate surface area is 189 Å². The predicted octanol–water partition coefficient (Wildman–Crippen LogP) is 4.72. The molecule has 0 atom stereocenters. The quantitative estimate of drug-likeness (QED) is 0.431. The molecule has 1 N–H and O–H groups in total. The molecule has 2 rings (SSSR count). The molecule has 0 fully saturated rings. The molecule has 0 bridgehead atoms. The van der Waals surface area contributed by atoms with Crippen molar-refractivity contribution in [2.45, 2.75) is 23.4 Å². The second-order valence-electron chi connectivity index (χ2n) is 6.57. The summed E-state index contributed by atoms with van der Waals surface area (Å²) in [5.74, 6) is -5.59. The second-order valence-corrected chi connectivity index (χ2v) is 8.25. The highest BCUT2D eigenvalue weighted by atomic mass is 32.2. The van der Waals surface area contributed by atoms with Crippen LogP contribution in [0.1, 0.15) is 0 Å². The molecule has 0 saturated carbocycles. The number of nitrogens with one attached hydrogen (secondary N) is 1. The lowest BCUT2D eigenvalue weighted by Gasteiger charge is -2.18. The fraction of sp³-hybridized carbons (Fsp3) is 0.368. The van der Waals surface area contributed by atoms with Crippen molar-refractivity contribution >= 4 is 15.7 Å². The topological polar surface area (TPSA) is 83.1 Å². The zero-order valence-electron chi connectivity index (χ0n) is 17.5. The highest BCUT2D eigenvalue weighted by Crippen LogP contribution is 2.33. The normalized spacial score (nSPS) is 12.4. The van der Waals surface area contributed by atoms with Gasteiger partial charge in [0.25, 0.3) is 10.0 Å². The van der Waals surface area contributed by atoms with Crippen molar-refractivity contribution in [1.29, 1.82) is 0 Å². The number of ether oxygens (including phenoxy) is 4. The van der Waals surface area contributed by atoms with Crippen LogP contribution in [0.5, 0.6) is 23.0 Å². The van der Waals surface area contributed by atoms with E-state index in [9.17, 15) is 39.2 Å². The fourth-order valence-electron chi connectivity index (χ4n) is 2.40. The van der Waals surface area contributed by atoms with E-state index in [0.717, 1.165) is 24.3 Å². The third kappa shape index (κ3) is 7.46. The average molecular weight is 521 g/mol. The predicted molar refractivity (Wildman–Crippen MR) is 105 cm³/mol.